The van der Waals surface area contributed by atoms with Crippen LogP contribution in [-0.4, -0.2) is 4.57 Å². The molecule has 4 heteroatoms. The van der Waals surface area contributed by atoms with Gasteiger partial charge in [0.05, 0.1) is 6.07 Å². The topological polar surface area (TPSA) is 45.8 Å². The quantitative estimate of drug-likeness (QED) is 0.775. The normalized spacial score (nSPS) is 9.71. The van der Waals surface area contributed by atoms with Crippen LogP contribution in [0.2, 0.25) is 0 Å². The van der Waals surface area contributed by atoms with Gasteiger partial charge in [0.1, 0.15) is 0 Å². The highest BCUT2D eigenvalue weighted by Crippen LogP contribution is 2.05. The number of rotatable bonds is 4. The fourth-order valence-corrected chi connectivity index (χ4v) is 1.54. The zero-order valence-corrected chi connectivity index (χ0v) is 9.33. The molecule has 3 nitrogen and oxygen atoms in total. The summed E-state index contributed by atoms with van der Waals surface area (Å²) in [5.74, 6) is 0. The summed E-state index contributed by atoms with van der Waals surface area (Å²) >= 11 is 3.31. The summed E-state index contributed by atoms with van der Waals surface area (Å²) in [4.78, 5) is 11.3. The minimum atomic E-state index is 0.00478. The maximum absolute atomic E-state index is 11.3. The maximum atomic E-state index is 11.3. The van der Waals surface area contributed by atoms with Gasteiger partial charge >= 0.3 is 0 Å². The van der Waals surface area contributed by atoms with Crippen molar-refractivity contribution in [1.29, 1.82) is 5.26 Å². The van der Waals surface area contributed by atoms with E-state index in [1.807, 2.05) is 0 Å². The van der Waals surface area contributed by atoms with Crippen LogP contribution in [0.3, 0.4) is 0 Å². The molecule has 0 radical (unpaired) electrons. The number of nitriles is 1. The standard InChI is InChI=1S/C10H11BrN2O/c11-9-4-5-10(14)13(8-9)7-3-1-2-6-12/h4-5,8H,1-3,7H2. The summed E-state index contributed by atoms with van der Waals surface area (Å²) in [5.41, 5.74) is 0.00478. The number of nitrogens with zero attached hydrogens (tertiary/aromatic N) is 2. The number of hydrogen-bond acceptors (Lipinski definition) is 2. The predicted octanol–water partition coefficient (Wildman–Crippen LogP) is 2.30. The van der Waals surface area contributed by atoms with Crippen molar-refractivity contribution in [3.8, 4) is 6.07 Å². The Bertz CT molecular complexity index is 392. The molecule has 1 rings (SSSR count). The second-order valence-corrected chi connectivity index (χ2v) is 3.91. The summed E-state index contributed by atoms with van der Waals surface area (Å²) in [6.07, 6.45) is 4.04. The van der Waals surface area contributed by atoms with Crippen molar-refractivity contribution < 1.29 is 0 Å². The number of aromatic nitrogens is 1. The van der Waals surface area contributed by atoms with Gasteiger partial charge in [-0.25, -0.2) is 0 Å². The van der Waals surface area contributed by atoms with Gasteiger partial charge in [0.25, 0.3) is 5.56 Å². The molecule has 14 heavy (non-hydrogen) atoms. The first-order valence-electron chi connectivity index (χ1n) is 4.47. The first-order valence-corrected chi connectivity index (χ1v) is 5.26. The second-order valence-electron chi connectivity index (χ2n) is 2.99. The van der Waals surface area contributed by atoms with Gasteiger partial charge in [-0.2, -0.15) is 5.26 Å². The fraction of sp³-hybridized carbons (Fsp3) is 0.400. The number of aryl methyl sites for hydroxylation is 1. The van der Waals surface area contributed by atoms with Crippen LogP contribution in [0.15, 0.2) is 27.6 Å². The highest BCUT2D eigenvalue weighted by molar-refractivity contribution is 9.10. The molecule has 0 unspecified atom stereocenters. The van der Waals surface area contributed by atoms with Crippen LogP contribution in [0.5, 0.6) is 0 Å². The average molecular weight is 255 g/mol. The lowest BCUT2D eigenvalue weighted by Gasteiger charge is -2.04. The molecule has 0 atom stereocenters. The molecule has 0 saturated carbocycles. The van der Waals surface area contributed by atoms with E-state index in [9.17, 15) is 4.79 Å². The highest BCUT2D eigenvalue weighted by Gasteiger charge is 1.96. The van der Waals surface area contributed by atoms with Crippen molar-refractivity contribution in [2.24, 2.45) is 0 Å². The lowest BCUT2D eigenvalue weighted by Crippen LogP contribution is -2.18. The molecule has 0 aliphatic heterocycles. The van der Waals surface area contributed by atoms with Gasteiger partial charge in [-0.15, -0.1) is 0 Å². The monoisotopic (exact) mass is 254 g/mol. The van der Waals surface area contributed by atoms with Crippen LogP contribution in [0.4, 0.5) is 0 Å². The number of halogens is 1. The van der Waals surface area contributed by atoms with Crippen LogP contribution >= 0.6 is 15.9 Å². The summed E-state index contributed by atoms with van der Waals surface area (Å²) < 4.78 is 2.55. The van der Waals surface area contributed by atoms with E-state index in [1.54, 1.807) is 16.8 Å². The van der Waals surface area contributed by atoms with Gasteiger partial charge in [-0.3, -0.25) is 4.79 Å². The van der Waals surface area contributed by atoms with Crippen LogP contribution in [0.1, 0.15) is 19.3 Å². The van der Waals surface area contributed by atoms with E-state index >= 15 is 0 Å². The van der Waals surface area contributed by atoms with Crippen molar-refractivity contribution in [3.05, 3.63) is 33.2 Å². The van der Waals surface area contributed by atoms with Gasteiger partial charge in [-0.1, -0.05) is 0 Å². The Kier molecular flexibility index (Phi) is 4.41. The third kappa shape index (κ3) is 3.35. The Morgan fingerprint density at radius 1 is 1.43 bits per heavy atom. The van der Waals surface area contributed by atoms with Crippen molar-refractivity contribution in [3.63, 3.8) is 0 Å². The van der Waals surface area contributed by atoms with E-state index in [4.69, 9.17) is 5.26 Å². The first kappa shape index (κ1) is 11.0. The number of unbranched alkanes of at least 4 members (excludes halogenated alkanes) is 2. The van der Waals surface area contributed by atoms with Crippen molar-refractivity contribution in [2.75, 3.05) is 0 Å². The minimum Gasteiger partial charge on any atom is -0.314 e. The highest BCUT2D eigenvalue weighted by atomic mass is 79.9. The molecule has 0 amide bonds. The zero-order chi connectivity index (χ0) is 10.4. The van der Waals surface area contributed by atoms with Crippen LogP contribution in [0.25, 0.3) is 0 Å². The number of pyridine rings is 1. The lowest BCUT2D eigenvalue weighted by atomic mass is 10.2. The van der Waals surface area contributed by atoms with Crippen molar-refractivity contribution in [1.82, 2.24) is 4.57 Å². The molecular weight excluding hydrogens is 244 g/mol. The third-order valence-electron chi connectivity index (χ3n) is 1.88. The number of hydrogen-bond donors (Lipinski definition) is 0. The van der Waals surface area contributed by atoms with Crippen molar-refractivity contribution >= 4 is 15.9 Å². The Labute approximate surface area is 91.1 Å². The summed E-state index contributed by atoms with van der Waals surface area (Å²) in [6, 6.07) is 5.35. The zero-order valence-electron chi connectivity index (χ0n) is 7.74. The second kappa shape index (κ2) is 5.61. The molecule has 0 aliphatic rings. The molecule has 0 saturated heterocycles. The summed E-state index contributed by atoms with van der Waals surface area (Å²) in [6.45, 7) is 0.681. The molecule has 0 spiro atoms. The average Bonchev–Trinajstić information content (AvgIpc) is 2.18. The van der Waals surface area contributed by atoms with E-state index < -0.39 is 0 Å². The van der Waals surface area contributed by atoms with Crippen molar-refractivity contribution in [2.45, 2.75) is 25.8 Å². The van der Waals surface area contributed by atoms with E-state index in [0.717, 1.165) is 17.3 Å². The Hall–Kier alpha value is -1.08. The summed E-state index contributed by atoms with van der Waals surface area (Å²) in [7, 11) is 0. The molecule has 0 aromatic carbocycles. The minimum absolute atomic E-state index is 0.00478. The third-order valence-corrected chi connectivity index (χ3v) is 2.35. The lowest BCUT2D eigenvalue weighted by molar-refractivity contribution is 0.598. The molecule has 0 aliphatic carbocycles. The van der Waals surface area contributed by atoms with Gasteiger partial charge in [0.15, 0.2) is 0 Å². The molecule has 1 heterocycles. The van der Waals surface area contributed by atoms with Gasteiger partial charge < -0.3 is 4.57 Å². The van der Waals surface area contributed by atoms with Gasteiger partial charge in [0.2, 0.25) is 0 Å². The van der Waals surface area contributed by atoms with Crippen LogP contribution < -0.4 is 5.56 Å². The Balaban J connectivity index is 2.55. The van der Waals surface area contributed by atoms with E-state index in [2.05, 4.69) is 22.0 Å². The molecular formula is C10H11BrN2O. The molecule has 1 aromatic heterocycles. The fourth-order valence-electron chi connectivity index (χ4n) is 1.16. The summed E-state index contributed by atoms with van der Waals surface area (Å²) in [5, 5.41) is 8.34. The van der Waals surface area contributed by atoms with E-state index in [-0.39, 0.29) is 5.56 Å². The van der Waals surface area contributed by atoms with E-state index in [0.29, 0.717) is 13.0 Å². The largest absolute Gasteiger partial charge is 0.314 e. The molecule has 1 aromatic rings. The molecule has 0 bridgehead atoms. The first-order chi connectivity index (χ1) is 6.74. The Morgan fingerprint density at radius 2 is 2.21 bits per heavy atom. The Morgan fingerprint density at radius 3 is 2.93 bits per heavy atom. The van der Waals surface area contributed by atoms with Gasteiger partial charge in [0, 0.05) is 29.7 Å². The SMILES string of the molecule is N#CCCCCn1cc(Br)ccc1=O. The molecule has 0 N–H and O–H groups in total. The predicted molar refractivity (Wildman–Crippen MR) is 57.9 cm³/mol. The molecule has 74 valence electrons. The van der Waals surface area contributed by atoms with Crippen LogP contribution in [-0.2, 0) is 6.54 Å². The van der Waals surface area contributed by atoms with Gasteiger partial charge in [-0.05, 0) is 34.8 Å². The van der Waals surface area contributed by atoms with Crippen LogP contribution in [0, 0.1) is 11.3 Å². The molecule has 0 fully saturated rings. The maximum Gasteiger partial charge on any atom is 0.250 e. The smallest absolute Gasteiger partial charge is 0.250 e. The van der Waals surface area contributed by atoms with E-state index in [1.165, 1.54) is 6.07 Å².